The number of hydrogen-bond donors (Lipinski definition) is 1. The summed E-state index contributed by atoms with van der Waals surface area (Å²) < 4.78 is 29.4. The minimum atomic E-state index is -3.75. The van der Waals surface area contributed by atoms with E-state index in [0.717, 1.165) is 74.0 Å². The third-order valence-corrected chi connectivity index (χ3v) is 14.2. The highest BCUT2D eigenvalue weighted by Crippen LogP contribution is 2.45. The number of nitrogens with one attached hydrogen (secondary N) is 1. The minimum Gasteiger partial charge on any atom is -0.385 e. The zero-order valence-corrected chi connectivity index (χ0v) is 34.8. The number of hydrogen-bond acceptors (Lipinski definition) is 4. The number of fused-ring (bicyclic) bond motifs is 4. The van der Waals surface area contributed by atoms with Crippen LogP contribution < -0.4 is 10.2 Å². The first-order valence-corrected chi connectivity index (χ1v) is 22.2. The van der Waals surface area contributed by atoms with Crippen LogP contribution in [0.4, 0.5) is 11.4 Å². The number of sulfone groups is 1. The quantitative estimate of drug-likeness (QED) is 0.0852. The predicted molar refractivity (Wildman–Crippen MR) is 239 cm³/mol. The average molecular weight is 763 g/mol. The number of unbranched alkanes of at least 4 members (excludes halogenated alkanes) is 2. The maximum absolute atomic E-state index is 14.7. The van der Waals surface area contributed by atoms with E-state index in [1.807, 2.05) is 19.1 Å². The molecule has 56 heavy (non-hydrogen) atoms. The second-order valence-corrected chi connectivity index (χ2v) is 18.2. The Labute approximate surface area is 335 Å². The van der Waals surface area contributed by atoms with Crippen LogP contribution in [-0.4, -0.2) is 21.5 Å². The van der Waals surface area contributed by atoms with E-state index < -0.39 is 15.3 Å². The van der Waals surface area contributed by atoms with Crippen molar-refractivity contribution < 1.29 is 8.42 Å². The fourth-order valence-corrected chi connectivity index (χ4v) is 10.7. The Kier molecular flexibility index (Phi) is 11.7. The molecule has 2 aliphatic rings. The Bertz CT molecular complexity index is 2450. The van der Waals surface area contributed by atoms with Gasteiger partial charge < -0.3 is 10.2 Å². The summed E-state index contributed by atoms with van der Waals surface area (Å²) in [6.45, 7) is 17.4. The number of anilines is 2. The van der Waals surface area contributed by atoms with Crippen molar-refractivity contribution in [3.05, 3.63) is 160 Å². The molecule has 5 aromatic carbocycles. The van der Waals surface area contributed by atoms with Crippen molar-refractivity contribution in [2.45, 2.75) is 96.3 Å². The highest BCUT2D eigenvalue weighted by Gasteiger charge is 2.36. The van der Waals surface area contributed by atoms with E-state index in [-0.39, 0.29) is 5.92 Å². The van der Waals surface area contributed by atoms with Gasteiger partial charge in [0.2, 0.25) is 9.84 Å². The summed E-state index contributed by atoms with van der Waals surface area (Å²) in [5.41, 5.74) is 8.76. The average Bonchev–Trinajstić information content (AvgIpc) is 3.79. The van der Waals surface area contributed by atoms with Crippen LogP contribution in [0, 0.1) is 12.8 Å². The van der Waals surface area contributed by atoms with E-state index >= 15 is 0 Å². The van der Waals surface area contributed by atoms with E-state index in [0.29, 0.717) is 22.6 Å². The molecule has 290 valence electrons. The lowest BCUT2D eigenvalue weighted by atomic mass is 9.75. The second-order valence-electron chi connectivity index (χ2n) is 16.3. The van der Waals surface area contributed by atoms with Crippen LogP contribution in [0.3, 0.4) is 0 Å². The molecule has 0 amide bonds. The molecule has 1 heterocycles. The maximum atomic E-state index is 14.7. The van der Waals surface area contributed by atoms with Gasteiger partial charge in [0, 0.05) is 42.0 Å². The fourth-order valence-electron chi connectivity index (χ4n) is 8.77. The summed E-state index contributed by atoms with van der Waals surface area (Å²) in [6.07, 6.45) is 14.0. The Hall–Kier alpha value is -4.87. The van der Waals surface area contributed by atoms with Crippen LogP contribution in [0.25, 0.3) is 21.5 Å². The maximum Gasteiger partial charge on any atom is 0.203 e. The van der Waals surface area contributed by atoms with Crippen molar-refractivity contribution >= 4 is 42.8 Å². The molecule has 1 unspecified atom stereocenters. The monoisotopic (exact) mass is 762 g/mol. The highest BCUT2D eigenvalue weighted by atomic mass is 32.2. The number of allylic oxidation sites excluding steroid dienone is 7. The Balaban J connectivity index is 1.25. The molecule has 1 aliphatic heterocycles. The molecule has 7 rings (SSSR count). The van der Waals surface area contributed by atoms with Gasteiger partial charge in [-0.1, -0.05) is 144 Å². The first kappa shape index (κ1) is 39.4. The first-order valence-electron chi connectivity index (χ1n) is 20.7. The smallest absolute Gasteiger partial charge is 0.203 e. The second kappa shape index (κ2) is 16.7. The molecule has 0 fully saturated rings. The Morgan fingerprint density at radius 1 is 0.875 bits per heavy atom. The Morgan fingerprint density at radius 3 is 2.29 bits per heavy atom. The lowest BCUT2D eigenvalue weighted by Gasteiger charge is -2.31. The standard InChI is InChI=1S/C51H58N2O2S/c1-7-9-33-52-47-31-26-39-16-12-14-18-45(39)49(47)51(5,6)37(4)21-22-40-23-24-41(50(40)56(54,55)43-29-19-36(3)20-30-43)25-28-42-35-46-44-17-13-11-15-38(44)27-32-48(46)53(42)34-10-8-2/h11-22,26-32,41,52H,4,7-10,23-25,33-35H2,1-3,5-6H3/b22-21+,42-28+. The molecular formula is C51H58N2O2S. The van der Waals surface area contributed by atoms with E-state index in [1.54, 1.807) is 12.1 Å². The van der Waals surface area contributed by atoms with Crippen LogP contribution in [0.15, 0.2) is 149 Å². The third-order valence-electron chi connectivity index (χ3n) is 12.1. The van der Waals surface area contributed by atoms with Gasteiger partial charge in [-0.15, -0.1) is 0 Å². The molecule has 0 spiro atoms. The molecule has 0 bridgehead atoms. The molecule has 5 heteroatoms. The highest BCUT2D eigenvalue weighted by molar-refractivity contribution is 7.95. The molecule has 4 nitrogen and oxygen atoms in total. The van der Waals surface area contributed by atoms with Crippen molar-refractivity contribution in [1.82, 2.24) is 0 Å². The largest absolute Gasteiger partial charge is 0.385 e. The third kappa shape index (κ3) is 7.76. The molecule has 0 saturated heterocycles. The summed E-state index contributed by atoms with van der Waals surface area (Å²) in [7, 11) is -3.75. The Morgan fingerprint density at radius 2 is 1.55 bits per heavy atom. The van der Waals surface area contributed by atoms with Gasteiger partial charge in [-0.2, -0.15) is 0 Å². The van der Waals surface area contributed by atoms with Crippen molar-refractivity contribution in [1.29, 1.82) is 0 Å². The van der Waals surface area contributed by atoms with Crippen LogP contribution in [-0.2, 0) is 21.7 Å². The van der Waals surface area contributed by atoms with Crippen LogP contribution in [0.2, 0.25) is 0 Å². The lowest BCUT2D eigenvalue weighted by Crippen LogP contribution is -2.22. The predicted octanol–water partition coefficient (Wildman–Crippen LogP) is 13.2. The number of rotatable bonds is 15. The van der Waals surface area contributed by atoms with Crippen LogP contribution in [0.5, 0.6) is 0 Å². The van der Waals surface area contributed by atoms with E-state index in [2.05, 4.69) is 136 Å². The van der Waals surface area contributed by atoms with Crippen molar-refractivity contribution in [3.63, 3.8) is 0 Å². The molecular weight excluding hydrogens is 705 g/mol. The summed E-state index contributed by atoms with van der Waals surface area (Å²) >= 11 is 0. The van der Waals surface area contributed by atoms with Crippen molar-refractivity contribution in [2.24, 2.45) is 5.92 Å². The normalized spacial score (nSPS) is 16.8. The van der Waals surface area contributed by atoms with Crippen molar-refractivity contribution in [3.8, 4) is 0 Å². The summed E-state index contributed by atoms with van der Waals surface area (Å²) in [4.78, 5) is 3.42. The molecule has 1 aliphatic carbocycles. The van der Waals surface area contributed by atoms with Gasteiger partial charge in [0.1, 0.15) is 0 Å². The van der Waals surface area contributed by atoms with E-state index in [4.69, 9.17) is 0 Å². The van der Waals surface area contributed by atoms with Gasteiger partial charge in [0.05, 0.1) is 9.80 Å². The number of nitrogens with zero attached hydrogens (tertiary/aromatic N) is 1. The molecule has 0 radical (unpaired) electrons. The molecule has 5 aromatic rings. The topological polar surface area (TPSA) is 49.4 Å². The zero-order valence-electron chi connectivity index (χ0n) is 34.0. The summed E-state index contributed by atoms with van der Waals surface area (Å²) in [5.74, 6) is -0.115. The van der Waals surface area contributed by atoms with Crippen molar-refractivity contribution in [2.75, 3.05) is 23.3 Å². The van der Waals surface area contributed by atoms with Gasteiger partial charge >= 0.3 is 0 Å². The summed E-state index contributed by atoms with van der Waals surface area (Å²) in [5, 5.41) is 8.70. The lowest BCUT2D eigenvalue weighted by molar-refractivity contribution is 0.580. The molecule has 0 saturated carbocycles. The molecule has 0 aromatic heterocycles. The van der Waals surface area contributed by atoms with E-state index in [1.165, 1.54) is 44.1 Å². The van der Waals surface area contributed by atoms with Gasteiger partial charge in [-0.05, 0) is 113 Å². The number of aryl methyl sites for hydroxylation is 1. The van der Waals surface area contributed by atoms with Gasteiger partial charge in [-0.3, -0.25) is 0 Å². The van der Waals surface area contributed by atoms with Crippen LogP contribution in [0.1, 0.15) is 89.3 Å². The first-order chi connectivity index (χ1) is 27.0. The van der Waals surface area contributed by atoms with Gasteiger partial charge in [-0.25, -0.2) is 8.42 Å². The fraction of sp³-hybridized carbons (Fsp3) is 0.333. The SMILES string of the molecule is C=C(/C=C/C1=C(S(=O)(=O)c2ccc(C)cc2)C(C/C=C2\Cc3c(ccc4ccccc34)N2CCCC)CC1)C(C)(C)c1c(NCCCC)ccc2ccccc12. The summed E-state index contributed by atoms with van der Waals surface area (Å²) in [6, 6.07) is 33.5. The van der Waals surface area contributed by atoms with Crippen LogP contribution >= 0.6 is 0 Å². The zero-order chi connectivity index (χ0) is 39.5. The number of benzene rings is 5. The van der Waals surface area contributed by atoms with Gasteiger partial charge in [0.25, 0.3) is 0 Å². The van der Waals surface area contributed by atoms with E-state index in [9.17, 15) is 8.42 Å². The minimum absolute atomic E-state index is 0.115. The van der Waals surface area contributed by atoms with Gasteiger partial charge in [0.15, 0.2) is 0 Å². The molecule has 1 N–H and O–H groups in total. The molecule has 1 atom stereocenters.